The third-order valence-corrected chi connectivity index (χ3v) is 5.04. The molecule has 1 saturated heterocycles. The summed E-state index contributed by atoms with van der Waals surface area (Å²) in [7, 11) is 0. The lowest BCUT2D eigenvalue weighted by molar-refractivity contribution is 0.149. The summed E-state index contributed by atoms with van der Waals surface area (Å²) in [6.45, 7) is 3.24. The van der Waals surface area contributed by atoms with Crippen LogP contribution in [0.4, 0.5) is 0 Å². The third kappa shape index (κ3) is 3.84. The third-order valence-electron chi connectivity index (χ3n) is 5.04. The van der Waals surface area contributed by atoms with Crippen LogP contribution in [0.3, 0.4) is 0 Å². The second-order valence-electron chi connectivity index (χ2n) is 7.02. The lowest BCUT2D eigenvalue weighted by Crippen LogP contribution is -2.37. The maximum Gasteiger partial charge on any atom is 0.151 e. The van der Waals surface area contributed by atoms with Crippen LogP contribution in [0, 0.1) is 5.41 Å². The Hall–Kier alpha value is -2.50. The van der Waals surface area contributed by atoms with Crippen LogP contribution < -0.4 is 5.32 Å². The first-order chi connectivity index (χ1) is 12.8. The van der Waals surface area contributed by atoms with Gasteiger partial charge in [0.1, 0.15) is 6.33 Å². The predicted molar refractivity (Wildman–Crippen MR) is 101 cm³/mol. The number of hydrogen-bond acceptors (Lipinski definition) is 4. The Balaban J connectivity index is 1.41. The van der Waals surface area contributed by atoms with Gasteiger partial charge in [0.25, 0.3) is 0 Å². The molecule has 1 atom stereocenters. The number of hydrogen-bond donors (Lipinski definition) is 1. The molecule has 0 bridgehead atoms. The Labute approximate surface area is 154 Å². The van der Waals surface area contributed by atoms with E-state index in [1.165, 1.54) is 5.56 Å². The Bertz CT molecular complexity index is 810. The van der Waals surface area contributed by atoms with E-state index in [1.54, 1.807) is 6.33 Å². The molecule has 2 heterocycles. The molecule has 1 N–H and O–H groups in total. The van der Waals surface area contributed by atoms with Crippen molar-refractivity contribution in [3.8, 4) is 5.69 Å². The van der Waals surface area contributed by atoms with Gasteiger partial charge < -0.3 is 10.1 Å². The van der Waals surface area contributed by atoms with Gasteiger partial charge in [0.05, 0.1) is 13.2 Å². The molecule has 1 unspecified atom stereocenters. The van der Waals surface area contributed by atoms with Crippen LogP contribution >= 0.6 is 0 Å². The molecule has 2 aromatic carbocycles. The van der Waals surface area contributed by atoms with Gasteiger partial charge in [0.2, 0.25) is 0 Å². The first kappa shape index (κ1) is 16.9. The minimum Gasteiger partial charge on any atom is -0.381 e. The summed E-state index contributed by atoms with van der Waals surface area (Å²) >= 11 is 0. The summed E-state index contributed by atoms with van der Waals surface area (Å²) in [6.07, 6.45) is 3.89. The molecule has 4 rings (SSSR count). The lowest BCUT2D eigenvalue weighted by atomic mass is 9.81. The van der Waals surface area contributed by atoms with E-state index < -0.39 is 0 Å². The number of ether oxygens (including phenoxy) is 1. The summed E-state index contributed by atoms with van der Waals surface area (Å²) in [4.78, 5) is 0. The van der Waals surface area contributed by atoms with E-state index in [4.69, 9.17) is 4.74 Å². The molecule has 3 aromatic rings. The summed E-state index contributed by atoms with van der Waals surface area (Å²) in [6, 6.07) is 20.9. The normalized spacial score (nSPS) is 19.7. The SMILES string of the molecule is c1ccc(CC2(CNCc3nncn3-c3ccccc3)CCOC2)cc1. The van der Waals surface area contributed by atoms with Crippen molar-refractivity contribution in [1.29, 1.82) is 0 Å². The molecule has 0 saturated carbocycles. The molecule has 1 aliphatic rings. The van der Waals surface area contributed by atoms with Crippen molar-refractivity contribution >= 4 is 0 Å². The highest BCUT2D eigenvalue weighted by Gasteiger charge is 2.34. The van der Waals surface area contributed by atoms with Gasteiger partial charge in [0.15, 0.2) is 5.82 Å². The molecule has 1 aromatic heterocycles. The van der Waals surface area contributed by atoms with Gasteiger partial charge in [-0.3, -0.25) is 4.57 Å². The Morgan fingerprint density at radius 1 is 1.04 bits per heavy atom. The Kier molecular flexibility index (Phi) is 5.09. The molecule has 1 fully saturated rings. The quantitative estimate of drug-likeness (QED) is 0.713. The van der Waals surface area contributed by atoms with Gasteiger partial charge >= 0.3 is 0 Å². The van der Waals surface area contributed by atoms with Gasteiger partial charge in [-0.25, -0.2) is 0 Å². The summed E-state index contributed by atoms with van der Waals surface area (Å²) < 4.78 is 7.77. The van der Waals surface area contributed by atoms with Crippen molar-refractivity contribution in [2.75, 3.05) is 19.8 Å². The molecular formula is C21H24N4O. The second kappa shape index (κ2) is 7.81. The molecule has 5 heteroatoms. The minimum atomic E-state index is 0.152. The minimum absolute atomic E-state index is 0.152. The number of para-hydroxylation sites is 1. The summed E-state index contributed by atoms with van der Waals surface area (Å²) in [5.41, 5.74) is 2.60. The van der Waals surface area contributed by atoms with Crippen molar-refractivity contribution in [3.05, 3.63) is 78.4 Å². The lowest BCUT2D eigenvalue weighted by Gasteiger charge is -2.28. The van der Waals surface area contributed by atoms with Crippen molar-refractivity contribution in [3.63, 3.8) is 0 Å². The van der Waals surface area contributed by atoms with Crippen LogP contribution in [0.1, 0.15) is 17.8 Å². The van der Waals surface area contributed by atoms with E-state index in [9.17, 15) is 0 Å². The van der Waals surface area contributed by atoms with Crippen molar-refractivity contribution in [2.45, 2.75) is 19.4 Å². The van der Waals surface area contributed by atoms with Gasteiger partial charge in [-0.15, -0.1) is 10.2 Å². The maximum absolute atomic E-state index is 5.74. The molecule has 0 spiro atoms. The maximum atomic E-state index is 5.74. The van der Waals surface area contributed by atoms with Crippen molar-refractivity contribution < 1.29 is 4.74 Å². The Morgan fingerprint density at radius 3 is 2.54 bits per heavy atom. The average molecular weight is 348 g/mol. The van der Waals surface area contributed by atoms with E-state index in [-0.39, 0.29) is 5.41 Å². The van der Waals surface area contributed by atoms with Crippen molar-refractivity contribution in [1.82, 2.24) is 20.1 Å². The first-order valence-electron chi connectivity index (χ1n) is 9.11. The number of nitrogens with one attached hydrogen (secondary N) is 1. The zero-order valence-electron chi connectivity index (χ0n) is 14.8. The molecule has 134 valence electrons. The van der Waals surface area contributed by atoms with Crippen LogP contribution in [-0.2, 0) is 17.7 Å². The Morgan fingerprint density at radius 2 is 1.81 bits per heavy atom. The van der Waals surface area contributed by atoms with Gasteiger partial charge in [-0.2, -0.15) is 0 Å². The van der Waals surface area contributed by atoms with Crippen LogP contribution in [0.25, 0.3) is 5.69 Å². The van der Waals surface area contributed by atoms with Gasteiger partial charge in [0, 0.05) is 24.3 Å². The topological polar surface area (TPSA) is 52.0 Å². The number of benzene rings is 2. The number of rotatable bonds is 7. The first-order valence-corrected chi connectivity index (χ1v) is 9.11. The highest BCUT2D eigenvalue weighted by Crippen LogP contribution is 2.32. The molecule has 5 nitrogen and oxygen atoms in total. The molecule has 0 radical (unpaired) electrons. The predicted octanol–water partition coefficient (Wildman–Crippen LogP) is 3.01. The van der Waals surface area contributed by atoms with E-state index in [1.807, 2.05) is 22.8 Å². The van der Waals surface area contributed by atoms with Gasteiger partial charge in [-0.1, -0.05) is 48.5 Å². The fourth-order valence-electron chi connectivity index (χ4n) is 3.64. The highest BCUT2D eigenvalue weighted by molar-refractivity contribution is 5.31. The molecule has 0 amide bonds. The van der Waals surface area contributed by atoms with Crippen LogP contribution in [-0.4, -0.2) is 34.5 Å². The fraction of sp³-hybridized carbons (Fsp3) is 0.333. The van der Waals surface area contributed by atoms with E-state index in [0.717, 1.165) is 44.1 Å². The zero-order chi connectivity index (χ0) is 17.7. The smallest absolute Gasteiger partial charge is 0.151 e. The monoisotopic (exact) mass is 348 g/mol. The zero-order valence-corrected chi connectivity index (χ0v) is 14.8. The van der Waals surface area contributed by atoms with Gasteiger partial charge in [-0.05, 0) is 30.5 Å². The summed E-state index contributed by atoms with van der Waals surface area (Å²) in [5.74, 6) is 0.921. The van der Waals surface area contributed by atoms with E-state index in [0.29, 0.717) is 6.54 Å². The average Bonchev–Trinajstić information content (AvgIpc) is 3.33. The van der Waals surface area contributed by atoms with Crippen LogP contribution in [0.5, 0.6) is 0 Å². The molecule has 26 heavy (non-hydrogen) atoms. The van der Waals surface area contributed by atoms with E-state index >= 15 is 0 Å². The van der Waals surface area contributed by atoms with Crippen molar-refractivity contribution in [2.24, 2.45) is 5.41 Å². The fourth-order valence-corrected chi connectivity index (χ4v) is 3.64. The van der Waals surface area contributed by atoms with E-state index in [2.05, 4.69) is 58.0 Å². The number of nitrogens with zero attached hydrogens (tertiary/aromatic N) is 3. The molecular weight excluding hydrogens is 324 g/mol. The second-order valence-corrected chi connectivity index (χ2v) is 7.02. The summed E-state index contributed by atoms with van der Waals surface area (Å²) in [5, 5.41) is 12.0. The number of aromatic nitrogens is 3. The largest absolute Gasteiger partial charge is 0.381 e. The van der Waals surface area contributed by atoms with Crippen LogP contribution in [0.15, 0.2) is 67.0 Å². The standard InChI is InChI=1S/C21H24N4O/c1-3-7-18(8-4-1)13-21(11-12-26-16-21)15-22-14-20-24-23-17-25(20)19-9-5-2-6-10-19/h1-10,17,22H,11-16H2. The molecule has 0 aliphatic carbocycles. The highest BCUT2D eigenvalue weighted by atomic mass is 16.5. The molecule has 1 aliphatic heterocycles. The van der Waals surface area contributed by atoms with Crippen LogP contribution in [0.2, 0.25) is 0 Å².